The maximum Gasteiger partial charge on any atom is 0.234 e. The highest BCUT2D eigenvalue weighted by Crippen LogP contribution is 2.36. The van der Waals surface area contributed by atoms with E-state index in [2.05, 4.69) is 15.5 Å². The van der Waals surface area contributed by atoms with Gasteiger partial charge in [-0.05, 0) is 25.1 Å². The lowest BCUT2D eigenvalue weighted by Crippen LogP contribution is -2.15. The fraction of sp³-hybridized carbons (Fsp3) is 0.286. The van der Waals surface area contributed by atoms with E-state index in [0.29, 0.717) is 49.0 Å². The Morgan fingerprint density at radius 2 is 1.76 bits per heavy atom. The molecule has 1 heterocycles. The molecule has 1 amide bonds. The number of nitrogens with one attached hydrogen (secondary N) is 1. The first-order chi connectivity index (χ1) is 15.7. The Bertz CT molecular complexity index is 1160. The molecule has 176 valence electrons. The summed E-state index contributed by atoms with van der Waals surface area (Å²) in [4.78, 5) is 12.5. The summed E-state index contributed by atoms with van der Waals surface area (Å²) >= 11 is 19.4. The molecule has 1 N–H and O–H groups in total. The number of halogens is 3. The van der Waals surface area contributed by atoms with Crippen molar-refractivity contribution >= 4 is 58.2 Å². The van der Waals surface area contributed by atoms with Gasteiger partial charge in [-0.1, -0.05) is 46.6 Å². The molecule has 0 radical (unpaired) electrons. The number of ether oxygens (including phenoxy) is 3. The third kappa shape index (κ3) is 6.17. The highest BCUT2D eigenvalue weighted by atomic mass is 35.5. The van der Waals surface area contributed by atoms with Crippen molar-refractivity contribution in [2.45, 2.75) is 18.2 Å². The minimum Gasteiger partial charge on any atom is -0.495 e. The molecule has 8 nitrogen and oxygen atoms in total. The fourth-order valence-corrected chi connectivity index (χ4v) is 4.30. The van der Waals surface area contributed by atoms with E-state index in [4.69, 9.17) is 49.0 Å². The average molecular weight is 532 g/mol. The molecule has 33 heavy (non-hydrogen) atoms. The van der Waals surface area contributed by atoms with E-state index in [9.17, 15) is 4.79 Å². The fourth-order valence-electron chi connectivity index (χ4n) is 2.89. The van der Waals surface area contributed by atoms with Gasteiger partial charge < -0.3 is 24.1 Å². The molecule has 0 aliphatic rings. The first kappa shape index (κ1) is 25.3. The van der Waals surface area contributed by atoms with Crippen molar-refractivity contribution in [3.63, 3.8) is 0 Å². The standard InChI is InChI=1S/C21H21Cl3N4O4S/c1-11(32-16-6-5-12(22)7-13(16)23)20-26-27-21(28(20)2)33-10-19(29)25-15-9-17(30-3)14(24)8-18(15)31-4/h5-9,11H,10H2,1-4H3,(H,25,29). The molecule has 1 atom stereocenters. The number of aromatic nitrogens is 3. The van der Waals surface area contributed by atoms with Gasteiger partial charge in [-0.15, -0.1) is 10.2 Å². The lowest BCUT2D eigenvalue weighted by atomic mass is 10.2. The van der Waals surface area contributed by atoms with Gasteiger partial charge in [0.05, 0.1) is 35.7 Å². The van der Waals surface area contributed by atoms with Crippen LogP contribution in [0.4, 0.5) is 5.69 Å². The van der Waals surface area contributed by atoms with Crippen molar-refractivity contribution in [3.05, 3.63) is 51.2 Å². The predicted octanol–water partition coefficient (Wildman–Crippen LogP) is 5.66. The summed E-state index contributed by atoms with van der Waals surface area (Å²) in [5, 5.41) is 13.0. The second kappa shape index (κ2) is 11.2. The third-order valence-corrected chi connectivity index (χ3v) is 6.36. The average Bonchev–Trinajstić information content (AvgIpc) is 3.15. The van der Waals surface area contributed by atoms with Gasteiger partial charge in [0.25, 0.3) is 0 Å². The summed E-state index contributed by atoms with van der Waals surface area (Å²) in [5.74, 6) is 1.74. The lowest BCUT2D eigenvalue weighted by Gasteiger charge is -2.15. The number of hydrogen-bond acceptors (Lipinski definition) is 7. The number of hydrogen-bond donors (Lipinski definition) is 1. The van der Waals surface area contributed by atoms with Crippen molar-refractivity contribution in [2.24, 2.45) is 7.05 Å². The van der Waals surface area contributed by atoms with E-state index in [1.165, 1.54) is 26.0 Å². The Kier molecular flexibility index (Phi) is 8.58. The largest absolute Gasteiger partial charge is 0.495 e. The smallest absolute Gasteiger partial charge is 0.234 e. The maximum atomic E-state index is 12.5. The lowest BCUT2D eigenvalue weighted by molar-refractivity contribution is -0.113. The molecule has 1 aromatic heterocycles. The van der Waals surface area contributed by atoms with Crippen molar-refractivity contribution in [2.75, 3.05) is 25.3 Å². The first-order valence-electron chi connectivity index (χ1n) is 9.58. The molecule has 0 fully saturated rings. The monoisotopic (exact) mass is 530 g/mol. The van der Waals surface area contributed by atoms with E-state index >= 15 is 0 Å². The van der Waals surface area contributed by atoms with Crippen LogP contribution >= 0.6 is 46.6 Å². The van der Waals surface area contributed by atoms with Crippen LogP contribution in [0.25, 0.3) is 0 Å². The van der Waals surface area contributed by atoms with Crippen molar-refractivity contribution in [1.29, 1.82) is 0 Å². The quantitative estimate of drug-likeness (QED) is 0.356. The Balaban J connectivity index is 1.64. The van der Waals surface area contributed by atoms with Crippen LogP contribution in [0.2, 0.25) is 15.1 Å². The van der Waals surface area contributed by atoms with E-state index in [1.54, 1.807) is 41.9 Å². The summed E-state index contributed by atoms with van der Waals surface area (Å²) < 4.78 is 18.1. The molecule has 3 rings (SSSR count). The molecule has 0 saturated heterocycles. The third-order valence-electron chi connectivity index (χ3n) is 4.51. The SMILES string of the molecule is COc1cc(NC(=O)CSc2nnc(C(C)Oc3ccc(Cl)cc3Cl)n2C)c(OC)cc1Cl. The minimum absolute atomic E-state index is 0.0956. The van der Waals surface area contributed by atoms with Gasteiger partial charge in [0, 0.05) is 24.2 Å². The highest BCUT2D eigenvalue weighted by Gasteiger charge is 2.20. The molecule has 3 aromatic rings. The Hall–Kier alpha value is -2.33. The van der Waals surface area contributed by atoms with Crippen molar-refractivity contribution in [3.8, 4) is 17.2 Å². The van der Waals surface area contributed by atoms with Crippen LogP contribution in [-0.2, 0) is 11.8 Å². The molecule has 0 saturated carbocycles. The molecule has 2 aromatic carbocycles. The molecule has 0 bridgehead atoms. The van der Waals surface area contributed by atoms with Gasteiger partial charge >= 0.3 is 0 Å². The zero-order valence-electron chi connectivity index (χ0n) is 18.2. The number of benzene rings is 2. The van der Waals surface area contributed by atoms with Gasteiger partial charge in [-0.3, -0.25) is 4.79 Å². The van der Waals surface area contributed by atoms with E-state index in [-0.39, 0.29) is 11.7 Å². The summed E-state index contributed by atoms with van der Waals surface area (Å²) in [6, 6.07) is 8.17. The summed E-state index contributed by atoms with van der Waals surface area (Å²) in [6.45, 7) is 1.83. The number of methoxy groups -OCH3 is 2. The van der Waals surface area contributed by atoms with Crippen LogP contribution in [0.1, 0.15) is 18.9 Å². The summed E-state index contributed by atoms with van der Waals surface area (Å²) in [5.41, 5.74) is 0.449. The normalized spacial score (nSPS) is 11.7. The molecule has 1 unspecified atom stereocenters. The minimum atomic E-state index is -0.435. The van der Waals surface area contributed by atoms with Crippen LogP contribution in [-0.4, -0.2) is 40.6 Å². The molecule has 12 heteroatoms. The second-order valence-corrected chi connectivity index (χ2v) is 8.95. The van der Waals surface area contributed by atoms with Crippen molar-refractivity contribution < 1.29 is 19.0 Å². The number of anilines is 1. The number of rotatable bonds is 9. The zero-order chi connectivity index (χ0) is 24.1. The predicted molar refractivity (Wildman–Crippen MR) is 130 cm³/mol. The molecule has 0 spiro atoms. The van der Waals surface area contributed by atoms with Crippen LogP contribution in [0.3, 0.4) is 0 Å². The van der Waals surface area contributed by atoms with Crippen LogP contribution in [0.5, 0.6) is 17.2 Å². The van der Waals surface area contributed by atoms with E-state index in [1.807, 2.05) is 6.92 Å². The Labute approximate surface area is 210 Å². The van der Waals surface area contributed by atoms with Crippen LogP contribution in [0.15, 0.2) is 35.5 Å². The van der Waals surface area contributed by atoms with Gasteiger partial charge in [-0.2, -0.15) is 0 Å². The highest BCUT2D eigenvalue weighted by molar-refractivity contribution is 7.99. The molecule has 0 aliphatic heterocycles. The topological polar surface area (TPSA) is 87.5 Å². The van der Waals surface area contributed by atoms with E-state index < -0.39 is 6.10 Å². The van der Waals surface area contributed by atoms with Crippen molar-refractivity contribution in [1.82, 2.24) is 14.8 Å². The summed E-state index contributed by atoms with van der Waals surface area (Å²) in [7, 11) is 4.78. The number of thioether (sulfide) groups is 1. The second-order valence-electron chi connectivity index (χ2n) is 6.76. The number of amides is 1. The Morgan fingerprint density at radius 1 is 1.06 bits per heavy atom. The maximum absolute atomic E-state index is 12.5. The molecule has 0 aliphatic carbocycles. The van der Waals surface area contributed by atoms with Gasteiger partial charge in [0.1, 0.15) is 17.2 Å². The van der Waals surface area contributed by atoms with Crippen LogP contribution < -0.4 is 19.5 Å². The van der Waals surface area contributed by atoms with Gasteiger partial charge in [0.15, 0.2) is 17.1 Å². The molecular weight excluding hydrogens is 511 g/mol. The number of carbonyl (C=O) groups is 1. The van der Waals surface area contributed by atoms with Gasteiger partial charge in [0.2, 0.25) is 5.91 Å². The molecular formula is C21H21Cl3N4O4S. The van der Waals surface area contributed by atoms with Gasteiger partial charge in [-0.25, -0.2) is 0 Å². The number of nitrogens with zero attached hydrogens (tertiary/aromatic N) is 3. The summed E-state index contributed by atoms with van der Waals surface area (Å²) in [6.07, 6.45) is -0.435. The van der Waals surface area contributed by atoms with E-state index in [0.717, 1.165) is 0 Å². The Morgan fingerprint density at radius 3 is 2.42 bits per heavy atom. The zero-order valence-corrected chi connectivity index (χ0v) is 21.3. The first-order valence-corrected chi connectivity index (χ1v) is 11.7. The van der Waals surface area contributed by atoms with Crippen LogP contribution in [0, 0.1) is 0 Å². The number of carbonyl (C=O) groups excluding carboxylic acids is 1.